The van der Waals surface area contributed by atoms with Crippen LogP contribution in [0.5, 0.6) is 5.88 Å². The zero-order chi connectivity index (χ0) is 22.9. The molecule has 3 rings (SSSR count). The first kappa shape index (κ1) is 23.5. The minimum Gasteiger partial charge on any atom is -0.443 e. The summed E-state index contributed by atoms with van der Waals surface area (Å²) in [6.45, 7) is 3.30. The second-order valence-corrected chi connectivity index (χ2v) is 7.77. The number of hydrogen-bond donors (Lipinski definition) is 5. The molecule has 5 atom stereocenters. The molecule has 1 saturated heterocycles. The molecule has 1 aliphatic heterocycles. The van der Waals surface area contributed by atoms with Gasteiger partial charge in [0.2, 0.25) is 12.2 Å². The van der Waals surface area contributed by atoms with Gasteiger partial charge in [-0.05, 0) is 17.0 Å². The predicted octanol–water partition coefficient (Wildman–Crippen LogP) is 1.32. The molecule has 2 aromatic rings. The molecule has 0 amide bonds. The molecule has 172 valence electrons. The van der Waals surface area contributed by atoms with Crippen LogP contribution in [0.4, 0.5) is 13.2 Å². The van der Waals surface area contributed by atoms with E-state index in [0.29, 0.717) is 5.56 Å². The molecular formula is C20H25F3N2O6. The molecule has 31 heavy (non-hydrogen) atoms. The summed E-state index contributed by atoms with van der Waals surface area (Å²) in [5.74, 6) is -0.205. The Morgan fingerprint density at radius 1 is 1.10 bits per heavy atom. The third-order valence-electron chi connectivity index (χ3n) is 5.22. The van der Waals surface area contributed by atoms with E-state index in [-0.39, 0.29) is 17.9 Å². The van der Waals surface area contributed by atoms with Crippen LogP contribution in [0.2, 0.25) is 0 Å². The summed E-state index contributed by atoms with van der Waals surface area (Å²) in [7, 11) is 0. The van der Waals surface area contributed by atoms with Gasteiger partial charge in [0.15, 0.2) is 0 Å². The van der Waals surface area contributed by atoms with Gasteiger partial charge in [0.25, 0.3) is 0 Å². The molecule has 0 radical (unpaired) electrons. The minimum absolute atomic E-state index is 0.170. The van der Waals surface area contributed by atoms with Gasteiger partial charge >= 0.3 is 6.18 Å². The number of alkyl halides is 3. The topological polar surface area (TPSA) is 128 Å². The number of nitrogens with zero attached hydrogens (tertiary/aromatic N) is 1. The highest BCUT2D eigenvalue weighted by Gasteiger charge is 2.46. The Hall–Kier alpha value is -2.18. The standard InChI is InChI=1S/C20H25F3N2O6/c1-9(2)11-5-3-10(4-6-11)7-12-17(20(21,22)23)24-25-18(12)31-19-16(29)15(28)14(27)13(8-26)30-19/h3-6,9,13-16,19,26-29H,7-8H2,1-2H3,(H,24,25)/t13-,14-,15+,16-,19?/m1/s1. The summed E-state index contributed by atoms with van der Waals surface area (Å²) < 4.78 is 51.1. The molecule has 1 unspecified atom stereocenters. The number of H-pyrrole nitrogens is 1. The van der Waals surface area contributed by atoms with E-state index in [1.807, 2.05) is 31.1 Å². The molecule has 1 aromatic heterocycles. The average molecular weight is 446 g/mol. The fraction of sp³-hybridized carbons (Fsp3) is 0.550. The summed E-state index contributed by atoms with van der Waals surface area (Å²) in [6, 6.07) is 7.07. The van der Waals surface area contributed by atoms with E-state index in [1.54, 1.807) is 12.1 Å². The van der Waals surface area contributed by atoms with Gasteiger partial charge in [-0.15, -0.1) is 5.10 Å². The smallest absolute Gasteiger partial charge is 0.433 e. The Labute approximate surface area is 176 Å². The third-order valence-corrected chi connectivity index (χ3v) is 5.22. The summed E-state index contributed by atoms with van der Waals surface area (Å²) in [4.78, 5) is 0. The van der Waals surface area contributed by atoms with Crippen molar-refractivity contribution in [3.05, 3.63) is 46.6 Å². The van der Waals surface area contributed by atoms with Gasteiger partial charge in [0.05, 0.1) is 12.2 Å². The predicted molar refractivity (Wildman–Crippen MR) is 101 cm³/mol. The van der Waals surface area contributed by atoms with E-state index in [2.05, 4.69) is 5.10 Å². The molecule has 11 heteroatoms. The Morgan fingerprint density at radius 2 is 1.74 bits per heavy atom. The van der Waals surface area contributed by atoms with Crippen molar-refractivity contribution >= 4 is 0 Å². The van der Waals surface area contributed by atoms with E-state index in [0.717, 1.165) is 5.56 Å². The zero-order valence-corrected chi connectivity index (χ0v) is 16.9. The highest BCUT2D eigenvalue weighted by molar-refractivity contribution is 5.38. The molecule has 1 fully saturated rings. The van der Waals surface area contributed by atoms with Gasteiger partial charge in [-0.2, -0.15) is 13.2 Å². The van der Waals surface area contributed by atoms with Crippen LogP contribution >= 0.6 is 0 Å². The molecule has 0 spiro atoms. The van der Waals surface area contributed by atoms with Crippen LogP contribution < -0.4 is 4.74 Å². The zero-order valence-electron chi connectivity index (χ0n) is 16.9. The summed E-state index contributed by atoms with van der Waals surface area (Å²) >= 11 is 0. The van der Waals surface area contributed by atoms with Crippen molar-refractivity contribution in [3.8, 4) is 5.88 Å². The van der Waals surface area contributed by atoms with Crippen molar-refractivity contribution < 1.29 is 43.1 Å². The van der Waals surface area contributed by atoms with Gasteiger partial charge in [-0.25, -0.2) is 0 Å². The second-order valence-electron chi connectivity index (χ2n) is 7.77. The highest BCUT2D eigenvalue weighted by Crippen LogP contribution is 2.36. The lowest BCUT2D eigenvalue weighted by Gasteiger charge is -2.39. The largest absolute Gasteiger partial charge is 0.443 e. The molecule has 2 heterocycles. The van der Waals surface area contributed by atoms with Gasteiger partial charge in [0, 0.05) is 6.42 Å². The number of hydrogen-bond acceptors (Lipinski definition) is 7. The van der Waals surface area contributed by atoms with Crippen LogP contribution in [0.15, 0.2) is 24.3 Å². The van der Waals surface area contributed by atoms with Crippen LogP contribution in [0.1, 0.15) is 42.1 Å². The first-order valence-corrected chi connectivity index (χ1v) is 9.73. The second kappa shape index (κ2) is 9.13. The molecule has 0 saturated carbocycles. The Balaban J connectivity index is 1.89. The number of aliphatic hydroxyl groups is 4. The van der Waals surface area contributed by atoms with Gasteiger partial charge in [-0.3, -0.25) is 5.10 Å². The van der Waals surface area contributed by atoms with E-state index in [9.17, 15) is 33.6 Å². The first-order chi connectivity index (χ1) is 14.5. The molecule has 0 aliphatic carbocycles. The maximum Gasteiger partial charge on any atom is 0.433 e. The number of aliphatic hydroxyl groups excluding tert-OH is 4. The molecule has 1 aliphatic rings. The van der Waals surface area contributed by atoms with Gasteiger partial charge in [0.1, 0.15) is 30.1 Å². The van der Waals surface area contributed by atoms with Crippen LogP contribution in [-0.2, 0) is 17.3 Å². The van der Waals surface area contributed by atoms with Crippen molar-refractivity contribution in [2.45, 2.75) is 63.1 Å². The van der Waals surface area contributed by atoms with E-state index < -0.39 is 55.1 Å². The maximum absolute atomic E-state index is 13.5. The normalized spacial score (nSPS) is 27.0. The lowest BCUT2D eigenvalue weighted by Crippen LogP contribution is -2.60. The molecule has 8 nitrogen and oxygen atoms in total. The quantitative estimate of drug-likeness (QED) is 0.453. The fourth-order valence-electron chi connectivity index (χ4n) is 3.34. The minimum atomic E-state index is -4.74. The van der Waals surface area contributed by atoms with Crippen molar-refractivity contribution in [3.63, 3.8) is 0 Å². The number of benzene rings is 1. The van der Waals surface area contributed by atoms with Crippen LogP contribution in [-0.4, -0.2) is 67.9 Å². The number of ether oxygens (including phenoxy) is 2. The maximum atomic E-state index is 13.5. The Kier molecular flexibility index (Phi) is 6.92. The van der Waals surface area contributed by atoms with Gasteiger partial charge in [-0.1, -0.05) is 38.1 Å². The molecular weight excluding hydrogens is 421 g/mol. The summed E-state index contributed by atoms with van der Waals surface area (Å²) in [5, 5.41) is 44.6. The Morgan fingerprint density at radius 3 is 2.29 bits per heavy atom. The number of nitrogens with one attached hydrogen (secondary N) is 1. The van der Waals surface area contributed by atoms with E-state index >= 15 is 0 Å². The third kappa shape index (κ3) is 5.01. The molecule has 5 N–H and O–H groups in total. The molecule has 0 bridgehead atoms. The molecule has 1 aromatic carbocycles. The number of rotatable bonds is 6. The van der Waals surface area contributed by atoms with Gasteiger partial charge < -0.3 is 29.9 Å². The van der Waals surface area contributed by atoms with Crippen LogP contribution in [0.3, 0.4) is 0 Å². The summed E-state index contributed by atoms with van der Waals surface area (Å²) in [6.07, 6.45) is -13.0. The average Bonchev–Trinajstić information content (AvgIpc) is 3.11. The summed E-state index contributed by atoms with van der Waals surface area (Å²) in [5.41, 5.74) is 0.196. The first-order valence-electron chi connectivity index (χ1n) is 9.73. The number of halogens is 3. The number of aromatic nitrogens is 2. The monoisotopic (exact) mass is 446 g/mol. The SMILES string of the molecule is CC(C)c1ccc(Cc2c(OC3O[C@H](CO)[C@@H](O)[C@H](O)[C@H]3O)n[nH]c2C(F)(F)F)cc1. The van der Waals surface area contributed by atoms with Crippen LogP contribution in [0.25, 0.3) is 0 Å². The van der Waals surface area contributed by atoms with Crippen LogP contribution in [0, 0.1) is 0 Å². The van der Waals surface area contributed by atoms with Crippen molar-refractivity contribution in [2.24, 2.45) is 0 Å². The van der Waals surface area contributed by atoms with Crippen molar-refractivity contribution in [2.75, 3.05) is 6.61 Å². The fourth-order valence-corrected chi connectivity index (χ4v) is 3.34. The van der Waals surface area contributed by atoms with Crippen molar-refractivity contribution in [1.29, 1.82) is 0 Å². The Bertz CT molecular complexity index is 869. The van der Waals surface area contributed by atoms with E-state index in [4.69, 9.17) is 9.47 Å². The number of aromatic amines is 1. The lowest BCUT2D eigenvalue weighted by molar-refractivity contribution is -0.278. The lowest BCUT2D eigenvalue weighted by atomic mass is 9.98. The highest BCUT2D eigenvalue weighted by atomic mass is 19.4. The van der Waals surface area contributed by atoms with Crippen molar-refractivity contribution in [1.82, 2.24) is 10.2 Å². The van der Waals surface area contributed by atoms with E-state index in [1.165, 1.54) is 0 Å².